The number of hydrogen-bond acceptors (Lipinski definition) is 13. The first kappa shape index (κ1) is 46.9. The number of hydrogen-bond donors (Lipinski definition) is 3. The second kappa shape index (κ2) is 20.2. The number of benzene rings is 4. The fourth-order valence-electron chi connectivity index (χ4n) is 8.88. The molecule has 3 aliphatic rings. The normalized spacial score (nSPS) is 17.0. The second-order valence-electron chi connectivity index (χ2n) is 17.0. The van der Waals surface area contributed by atoms with Crippen molar-refractivity contribution in [2.24, 2.45) is 0 Å². The Balaban J connectivity index is 1.02. The lowest BCUT2D eigenvalue weighted by Crippen LogP contribution is -2.51. The van der Waals surface area contributed by atoms with Gasteiger partial charge in [0.15, 0.2) is 0 Å². The van der Waals surface area contributed by atoms with E-state index in [-0.39, 0.29) is 16.5 Å². The van der Waals surface area contributed by atoms with Gasteiger partial charge < -0.3 is 44.9 Å². The van der Waals surface area contributed by atoms with E-state index in [0.29, 0.717) is 67.5 Å². The molecule has 356 valence electrons. The lowest BCUT2D eigenvalue weighted by Gasteiger charge is -2.36. The molecule has 6 aromatic rings. The number of piperazine rings is 1. The Hall–Kier alpha value is -6.21. The number of fused-ring (bicyclic) bond motifs is 2. The van der Waals surface area contributed by atoms with Crippen molar-refractivity contribution in [3.63, 3.8) is 0 Å². The molecule has 15 nitrogen and oxygen atoms in total. The molecule has 0 saturated carbocycles. The van der Waals surface area contributed by atoms with Crippen molar-refractivity contribution in [1.29, 1.82) is 0 Å². The molecule has 0 bridgehead atoms. The molecule has 2 atom stereocenters. The average molecular weight is 974 g/mol. The van der Waals surface area contributed by atoms with Crippen LogP contribution < -0.4 is 40.0 Å². The minimum atomic E-state index is -5.00. The van der Waals surface area contributed by atoms with Crippen LogP contribution in [-0.2, 0) is 9.59 Å². The van der Waals surface area contributed by atoms with Gasteiger partial charge in [0.05, 0.1) is 27.4 Å². The van der Waals surface area contributed by atoms with Crippen molar-refractivity contribution in [2.75, 3.05) is 72.8 Å². The number of likely N-dealkylation sites (tertiary alicyclic amines) is 1. The van der Waals surface area contributed by atoms with Crippen LogP contribution in [0.25, 0.3) is 21.8 Å². The molecule has 5 heterocycles. The molecule has 3 aliphatic heterocycles. The summed E-state index contributed by atoms with van der Waals surface area (Å²) in [6, 6.07) is 20.0. The summed E-state index contributed by atoms with van der Waals surface area (Å²) in [5.74, 6) is -1.14. The Bertz CT molecular complexity index is 2810. The number of carbonyl (C=O) groups is 2. The zero-order valence-corrected chi connectivity index (χ0v) is 38.8. The number of nitrogens with one attached hydrogen (secondary N) is 3. The van der Waals surface area contributed by atoms with Gasteiger partial charge in [-0.25, -0.2) is 19.9 Å². The highest BCUT2D eigenvalue weighted by Gasteiger charge is 2.40. The predicted octanol–water partition coefficient (Wildman–Crippen LogP) is 8.34. The fraction of sp³-hybridized carbons (Fsp3) is 0.375. The number of piperidine rings is 1. The van der Waals surface area contributed by atoms with E-state index in [9.17, 15) is 22.8 Å². The van der Waals surface area contributed by atoms with Crippen LogP contribution >= 0.6 is 23.2 Å². The monoisotopic (exact) mass is 972 g/mol. The first-order chi connectivity index (χ1) is 32.7. The SMILES string of the molecule is Cc1nc(N2CCNCC2)nc2ccc(NC(=O)C(Oc3ccc(Cl)cc3)C(Oc3ccc(OC(F)(F)F)cc3Cl)C(=O)Nc3ccc4nc(N5CCC(N6CCCC6)CC5)nc(C)c4c3)cc12. The van der Waals surface area contributed by atoms with Gasteiger partial charge >= 0.3 is 6.36 Å². The third-order valence-electron chi connectivity index (χ3n) is 12.3. The van der Waals surface area contributed by atoms with Gasteiger partial charge in [0.1, 0.15) is 17.2 Å². The van der Waals surface area contributed by atoms with E-state index in [2.05, 4.69) is 35.4 Å². The van der Waals surface area contributed by atoms with Crippen molar-refractivity contribution < 1.29 is 37.0 Å². The maximum Gasteiger partial charge on any atom is 0.573 e. The van der Waals surface area contributed by atoms with Crippen LogP contribution in [0, 0.1) is 13.8 Å². The highest BCUT2D eigenvalue weighted by atomic mass is 35.5. The van der Waals surface area contributed by atoms with E-state index in [4.69, 9.17) is 52.6 Å². The number of ether oxygens (including phenoxy) is 3. The summed E-state index contributed by atoms with van der Waals surface area (Å²) in [5.41, 5.74) is 3.37. The number of anilines is 4. The second-order valence-corrected chi connectivity index (χ2v) is 17.9. The summed E-state index contributed by atoms with van der Waals surface area (Å²) in [7, 11) is 0. The molecule has 3 fully saturated rings. The Morgan fingerprint density at radius 1 is 0.676 bits per heavy atom. The molecule has 20 heteroatoms. The lowest BCUT2D eigenvalue weighted by molar-refractivity contribution is -0.274. The predicted molar refractivity (Wildman–Crippen MR) is 255 cm³/mol. The largest absolute Gasteiger partial charge is 0.573 e. The Morgan fingerprint density at radius 2 is 1.21 bits per heavy atom. The number of carbonyl (C=O) groups excluding carboxylic acids is 2. The zero-order valence-electron chi connectivity index (χ0n) is 37.3. The average Bonchev–Trinajstić information content (AvgIpc) is 3.87. The number of rotatable bonds is 13. The highest BCUT2D eigenvalue weighted by molar-refractivity contribution is 6.32. The number of amides is 2. The van der Waals surface area contributed by atoms with Gasteiger partial charge in [-0.1, -0.05) is 23.2 Å². The van der Waals surface area contributed by atoms with E-state index in [1.807, 2.05) is 13.8 Å². The smallest absolute Gasteiger partial charge is 0.476 e. The summed E-state index contributed by atoms with van der Waals surface area (Å²) < 4.78 is 56.0. The Kier molecular flexibility index (Phi) is 13.9. The van der Waals surface area contributed by atoms with Crippen molar-refractivity contribution in [3.8, 4) is 17.2 Å². The Morgan fingerprint density at radius 3 is 1.75 bits per heavy atom. The number of aromatic nitrogens is 4. The molecule has 0 aliphatic carbocycles. The quantitative estimate of drug-likeness (QED) is 0.102. The van der Waals surface area contributed by atoms with E-state index in [0.717, 1.165) is 83.4 Å². The van der Waals surface area contributed by atoms with Crippen LogP contribution in [0.2, 0.25) is 10.0 Å². The van der Waals surface area contributed by atoms with Crippen LogP contribution in [0.5, 0.6) is 17.2 Å². The van der Waals surface area contributed by atoms with Crippen molar-refractivity contribution >= 4 is 80.1 Å². The van der Waals surface area contributed by atoms with Crippen LogP contribution in [0.4, 0.5) is 36.4 Å². The third kappa shape index (κ3) is 11.0. The fourth-order valence-corrected chi connectivity index (χ4v) is 9.22. The first-order valence-corrected chi connectivity index (χ1v) is 23.3. The highest BCUT2D eigenvalue weighted by Crippen LogP contribution is 2.34. The van der Waals surface area contributed by atoms with Crippen molar-refractivity contribution in [2.45, 2.75) is 64.1 Å². The summed E-state index contributed by atoms with van der Waals surface area (Å²) in [6.07, 6.45) is -4.00. The molecule has 68 heavy (non-hydrogen) atoms. The van der Waals surface area contributed by atoms with E-state index in [1.54, 1.807) is 48.5 Å². The molecular formula is C48H49Cl2F3N10O5. The molecular weight excluding hydrogens is 924 g/mol. The lowest BCUT2D eigenvalue weighted by atomic mass is 10.0. The number of nitrogens with zero attached hydrogens (tertiary/aromatic N) is 7. The molecule has 0 spiro atoms. The van der Waals surface area contributed by atoms with Crippen LogP contribution in [-0.4, -0.2) is 114 Å². The summed E-state index contributed by atoms with van der Waals surface area (Å²) in [5, 5.41) is 10.4. The number of aryl methyl sites for hydroxylation is 2. The van der Waals surface area contributed by atoms with Gasteiger partial charge in [-0.15, -0.1) is 13.2 Å². The van der Waals surface area contributed by atoms with Gasteiger partial charge in [0.25, 0.3) is 11.8 Å². The van der Waals surface area contributed by atoms with Crippen LogP contribution in [0.3, 0.4) is 0 Å². The van der Waals surface area contributed by atoms with Gasteiger partial charge in [-0.3, -0.25) is 9.59 Å². The van der Waals surface area contributed by atoms with E-state index in [1.165, 1.54) is 25.0 Å². The number of halogens is 5. The first-order valence-electron chi connectivity index (χ1n) is 22.5. The minimum Gasteiger partial charge on any atom is -0.476 e. The molecule has 9 rings (SSSR count). The van der Waals surface area contributed by atoms with Crippen LogP contribution in [0.15, 0.2) is 78.9 Å². The molecule has 4 aromatic carbocycles. The molecule has 2 unspecified atom stereocenters. The summed E-state index contributed by atoms with van der Waals surface area (Å²) >= 11 is 12.7. The summed E-state index contributed by atoms with van der Waals surface area (Å²) in [6.45, 7) is 10.9. The molecule has 0 radical (unpaired) electrons. The maximum absolute atomic E-state index is 14.7. The van der Waals surface area contributed by atoms with Crippen molar-refractivity contribution in [3.05, 3.63) is 100 Å². The van der Waals surface area contributed by atoms with E-state index < -0.39 is 36.1 Å². The Labute approximate surface area is 400 Å². The topological polar surface area (TPSA) is 159 Å². The third-order valence-corrected chi connectivity index (χ3v) is 12.9. The molecule has 2 aromatic heterocycles. The van der Waals surface area contributed by atoms with Gasteiger partial charge in [-0.05, 0) is 125 Å². The van der Waals surface area contributed by atoms with Gasteiger partial charge in [0.2, 0.25) is 24.1 Å². The molecule has 2 amide bonds. The molecule has 3 N–H and O–H groups in total. The maximum atomic E-state index is 14.7. The van der Waals surface area contributed by atoms with Gasteiger partial charge in [0, 0.05) is 78.5 Å². The minimum absolute atomic E-state index is 0.147. The number of alkyl halides is 3. The zero-order chi connectivity index (χ0) is 47.5. The van der Waals surface area contributed by atoms with Crippen molar-refractivity contribution in [1.82, 2.24) is 30.2 Å². The van der Waals surface area contributed by atoms with Gasteiger partial charge in [-0.2, -0.15) is 0 Å². The molecule has 3 saturated heterocycles. The van der Waals surface area contributed by atoms with E-state index >= 15 is 0 Å². The standard InChI is InChI=1S/C48H49Cl2F3N10O5/c1-28-36-26-32(8-12-39(36)59-46(55-28)62-21-15-33(16-22-62)61-19-3-4-20-61)58-45(65)43(67-41-14-11-35(27-38(41)50)68-48(51,52)53)42(66-34-9-5-30(49)6-10-34)44(64)57-31-7-13-40-37(25-31)29(2)56-47(60-40)63-23-17-54-18-24-63/h5-14,25-27,33,42-43,54H,3-4,15-24H2,1-2H3,(H,57,64)(H,58,65). The van der Waals surface area contributed by atoms with Crippen LogP contribution in [0.1, 0.15) is 37.1 Å². The summed E-state index contributed by atoms with van der Waals surface area (Å²) in [4.78, 5) is 55.6.